The summed E-state index contributed by atoms with van der Waals surface area (Å²) in [5, 5.41) is 12.5. The van der Waals surface area contributed by atoms with Crippen molar-refractivity contribution >= 4 is 5.91 Å². The van der Waals surface area contributed by atoms with E-state index in [2.05, 4.69) is 0 Å². The van der Waals surface area contributed by atoms with Gasteiger partial charge < -0.3 is 14.7 Å². The van der Waals surface area contributed by atoms with Crippen molar-refractivity contribution < 1.29 is 19.0 Å². The Labute approximate surface area is 189 Å². The summed E-state index contributed by atoms with van der Waals surface area (Å²) in [4.78, 5) is 27.0. The van der Waals surface area contributed by atoms with Crippen LogP contribution < -0.4 is 15.2 Å². The standard InChI is InChI=1S/C25H22FN3O4/c1-25(17-7-3-2-4-8-17)19-10-9-18(26)15-21(19)33-14-6-5-12-27-16-29(25)28-13-11-20(30)23(31)22(28)24(27)32/h2-11,13,15,31H,12,14,16H2,1H3/b6-5-/t25-/m1/s1. The Morgan fingerprint density at radius 1 is 1.06 bits per heavy atom. The highest BCUT2D eigenvalue weighted by Crippen LogP contribution is 2.42. The number of hydrogen-bond donors (Lipinski definition) is 1. The topological polar surface area (TPSA) is 75.0 Å². The van der Waals surface area contributed by atoms with Gasteiger partial charge in [0.1, 0.15) is 30.4 Å². The van der Waals surface area contributed by atoms with Crippen molar-refractivity contribution in [2.45, 2.75) is 12.5 Å². The molecule has 1 amide bonds. The third-order valence-electron chi connectivity index (χ3n) is 6.26. The maximum Gasteiger partial charge on any atom is 0.278 e. The number of aromatic nitrogens is 1. The van der Waals surface area contributed by atoms with Gasteiger partial charge in [0.25, 0.3) is 5.91 Å². The van der Waals surface area contributed by atoms with Crippen LogP contribution in [-0.4, -0.2) is 40.4 Å². The Bertz CT molecular complexity index is 1320. The van der Waals surface area contributed by atoms with Gasteiger partial charge >= 0.3 is 0 Å². The summed E-state index contributed by atoms with van der Waals surface area (Å²) in [7, 11) is 0. The molecule has 2 aliphatic rings. The zero-order chi connectivity index (χ0) is 23.2. The lowest BCUT2D eigenvalue weighted by atomic mass is 9.83. The van der Waals surface area contributed by atoms with Crippen molar-refractivity contribution in [1.82, 2.24) is 9.58 Å². The maximum atomic E-state index is 14.2. The van der Waals surface area contributed by atoms with Crippen LogP contribution in [0.25, 0.3) is 0 Å². The quantitative estimate of drug-likeness (QED) is 0.581. The van der Waals surface area contributed by atoms with Crippen molar-refractivity contribution in [3.63, 3.8) is 0 Å². The number of nitrogens with zero attached hydrogens (tertiary/aromatic N) is 3. The number of halogens is 1. The average Bonchev–Trinajstić information content (AvgIpc) is 2.84. The van der Waals surface area contributed by atoms with E-state index in [9.17, 15) is 19.1 Å². The number of amides is 1. The van der Waals surface area contributed by atoms with Crippen LogP contribution in [0, 0.1) is 5.82 Å². The summed E-state index contributed by atoms with van der Waals surface area (Å²) in [6, 6.07) is 15.2. The molecule has 33 heavy (non-hydrogen) atoms. The van der Waals surface area contributed by atoms with Crippen LogP contribution in [-0.2, 0) is 5.54 Å². The largest absolute Gasteiger partial charge is 0.502 e. The van der Waals surface area contributed by atoms with E-state index in [0.29, 0.717) is 11.3 Å². The summed E-state index contributed by atoms with van der Waals surface area (Å²) in [6.07, 6.45) is 5.01. The predicted molar refractivity (Wildman–Crippen MR) is 120 cm³/mol. The number of carbonyl (C=O) groups excluding carboxylic acids is 1. The first-order valence-corrected chi connectivity index (χ1v) is 10.6. The van der Waals surface area contributed by atoms with Gasteiger partial charge in [-0.05, 0) is 30.7 Å². The van der Waals surface area contributed by atoms with Crippen LogP contribution in [0.2, 0.25) is 0 Å². The summed E-state index contributed by atoms with van der Waals surface area (Å²) >= 11 is 0. The molecule has 7 nitrogen and oxygen atoms in total. The van der Waals surface area contributed by atoms with Gasteiger partial charge in [-0.25, -0.2) is 4.39 Å². The van der Waals surface area contributed by atoms with E-state index in [1.807, 2.05) is 42.3 Å². The van der Waals surface area contributed by atoms with Gasteiger partial charge in [-0.1, -0.05) is 36.4 Å². The zero-order valence-corrected chi connectivity index (χ0v) is 17.9. The third-order valence-corrected chi connectivity index (χ3v) is 6.26. The summed E-state index contributed by atoms with van der Waals surface area (Å²) in [5.74, 6) is -1.13. The van der Waals surface area contributed by atoms with Gasteiger partial charge in [-0.2, -0.15) is 0 Å². The highest BCUT2D eigenvalue weighted by atomic mass is 19.1. The van der Waals surface area contributed by atoms with Crippen molar-refractivity contribution in [3.05, 3.63) is 106 Å². The van der Waals surface area contributed by atoms with Crippen molar-refractivity contribution in [2.75, 3.05) is 24.8 Å². The Morgan fingerprint density at radius 3 is 2.64 bits per heavy atom. The molecule has 3 aromatic rings. The van der Waals surface area contributed by atoms with Gasteiger partial charge in [0.15, 0.2) is 11.4 Å². The molecular formula is C25H22FN3O4. The molecule has 5 rings (SSSR count). The molecule has 8 heteroatoms. The van der Waals surface area contributed by atoms with Crippen molar-refractivity contribution in [1.29, 1.82) is 0 Å². The fraction of sp³-hybridized carbons (Fsp3) is 0.200. The highest BCUT2D eigenvalue weighted by Gasteiger charge is 2.44. The number of fused-ring (bicyclic) bond motifs is 5. The summed E-state index contributed by atoms with van der Waals surface area (Å²) in [6.45, 7) is 2.54. The molecule has 2 aliphatic heterocycles. The van der Waals surface area contributed by atoms with E-state index in [0.717, 1.165) is 5.56 Å². The van der Waals surface area contributed by atoms with E-state index in [1.165, 1.54) is 29.1 Å². The van der Waals surface area contributed by atoms with Gasteiger partial charge in [0.05, 0.1) is 0 Å². The van der Waals surface area contributed by atoms with Crippen LogP contribution >= 0.6 is 0 Å². The average molecular weight is 447 g/mol. The number of ether oxygens (including phenoxy) is 1. The lowest BCUT2D eigenvalue weighted by Gasteiger charge is -2.49. The highest BCUT2D eigenvalue weighted by molar-refractivity contribution is 5.96. The van der Waals surface area contributed by atoms with E-state index in [1.54, 1.807) is 23.1 Å². The van der Waals surface area contributed by atoms with E-state index in [4.69, 9.17) is 4.74 Å². The number of rotatable bonds is 1. The molecule has 1 atom stereocenters. The SMILES string of the molecule is C[C@@]1(c2ccccc2)c2ccc(F)cc2OC/C=C\CN2CN1n1ccc(=O)c(O)c1C2=O. The fourth-order valence-corrected chi connectivity index (χ4v) is 4.49. The van der Waals surface area contributed by atoms with Crippen LogP contribution in [0.4, 0.5) is 4.39 Å². The predicted octanol–water partition coefficient (Wildman–Crippen LogP) is 2.96. The zero-order valence-electron chi connectivity index (χ0n) is 17.9. The van der Waals surface area contributed by atoms with Crippen molar-refractivity contribution in [3.8, 4) is 11.5 Å². The minimum absolute atomic E-state index is 0.117. The van der Waals surface area contributed by atoms with E-state index in [-0.39, 0.29) is 25.5 Å². The molecule has 168 valence electrons. The lowest BCUT2D eigenvalue weighted by molar-refractivity contribution is 0.0685. The molecule has 1 aromatic heterocycles. The first-order valence-electron chi connectivity index (χ1n) is 10.6. The van der Waals surface area contributed by atoms with Crippen LogP contribution in [0.5, 0.6) is 11.5 Å². The van der Waals surface area contributed by atoms with Gasteiger partial charge in [-0.15, -0.1) is 0 Å². The Kier molecular flexibility index (Phi) is 4.92. The molecule has 0 fully saturated rings. The normalized spacial score (nSPS) is 20.8. The van der Waals surface area contributed by atoms with E-state index < -0.39 is 28.4 Å². The second-order valence-electron chi connectivity index (χ2n) is 8.15. The maximum absolute atomic E-state index is 14.2. The monoisotopic (exact) mass is 447 g/mol. The Morgan fingerprint density at radius 2 is 1.85 bits per heavy atom. The van der Waals surface area contributed by atoms with Gasteiger partial charge in [0, 0.05) is 30.4 Å². The Balaban J connectivity index is 1.86. The third kappa shape index (κ3) is 3.26. The number of hydrogen-bond acceptors (Lipinski definition) is 5. The molecule has 0 unspecified atom stereocenters. The smallest absolute Gasteiger partial charge is 0.278 e. The van der Waals surface area contributed by atoms with Gasteiger partial charge in [-0.3, -0.25) is 19.3 Å². The fourth-order valence-electron chi connectivity index (χ4n) is 4.49. The molecule has 2 aromatic carbocycles. The molecule has 3 heterocycles. The minimum Gasteiger partial charge on any atom is -0.502 e. The second kappa shape index (κ2) is 7.81. The van der Waals surface area contributed by atoms with Crippen LogP contribution in [0.1, 0.15) is 28.5 Å². The van der Waals surface area contributed by atoms with Crippen LogP contribution in [0.15, 0.2) is 77.7 Å². The Hall–Kier alpha value is -4.07. The summed E-state index contributed by atoms with van der Waals surface area (Å²) < 4.78 is 21.7. The molecule has 0 aliphatic carbocycles. The number of benzene rings is 2. The molecule has 0 saturated carbocycles. The molecule has 2 bridgehead atoms. The number of aromatic hydroxyl groups is 1. The molecular weight excluding hydrogens is 425 g/mol. The van der Waals surface area contributed by atoms with Crippen molar-refractivity contribution in [2.24, 2.45) is 0 Å². The first-order chi connectivity index (χ1) is 15.9. The number of pyridine rings is 1. The second-order valence-corrected chi connectivity index (χ2v) is 8.15. The lowest BCUT2D eigenvalue weighted by Crippen LogP contribution is -2.61. The molecule has 0 radical (unpaired) electrons. The van der Waals surface area contributed by atoms with Crippen LogP contribution in [0.3, 0.4) is 0 Å². The van der Waals surface area contributed by atoms with Gasteiger partial charge in [0.2, 0.25) is 5.43 Å². The first kappa shape index (κ1) is 20.8. The summed E-state index contributed by atoms with van der Waals surface area (Å²) in [5.41, 5.74) is -0.198. The molecule has 1 N–H and O–H groups in total. The molecule has 0 saturated heterocycles. The number of carbonyl (C=O) groups is 1. The van der Waals surface area contributed by atoms with E-state index >= 15 is 0 Å². The molecule has 0 spiro atoms. The minimum atomic E-state index is -0.968.